The number of amides is 1. The predicted molar refractivity (Wildman–Crippen MR) is 64.7 cm³/mol. The molecule has 84 valence electrons. The van der Waals surface area contributed by atoms with Crippen molar-refractivity contribution >= 4 is 27.1 Å². The summed E-state index contributed by atoms with van der Waals surface area (Å²) in [5.74, 6) is 0.658. The van der Waals surface area contributed by atoms with Gasteiger partial charge in [0.05, 0.1) is 0 Å². The van der Waals surface area contributed by atoms with Crippen LogP contribution in [-0.4, -0.2) is 27.7 Å². The first-order valence-corrected chi connectivity index (χ1v) is 5.82. The Morgan fingerprint density at radius 2 is 1.88 bits per heavy atom. The van der Waals surface area contributed by atoms with Crippen molar-refractivity contribution in [1.82, 2.24) is 4.98 Å². The van der Waals surface area contributed by atoms with E-state index in [2.05, 4.69) is 21.8 Å². The Kier molecular flexibility index (Phi) is 3.45. The van der Waals surface area contributed by atoms with Gasteiger partial charge in [0.1, 0.15) is 0 Å². The molecule has 0 saturated heterocycles. The molecular formula is C12H9AsN2O2. The van der Waals surface area contributed by atoms with E-state index in [1.165, 1.54) is 12.3 Å². The van der Waals surface area contributed by atoms with Crippen LogP contribution in [0.15, 0.2) is 42.6 Å². The van der Waals surface area contributed by atoms with Crippen LogP contribution < -0.4 is 14.8 Å². The second-order valence-corrected chi connectivity index (χ2v) is 4.42. The molecule has 1 aromatic heterocycles. The molecule has 2 N–H and O–H groups in total. The van der Waals surface area contributed by atoms with Crippen LogP contribution in [0.3, 0.4) is 0 Å². The van der Waals surface area contributed by atoms with Gasteiger partial charge in [0.25, 0.3) is 0 Å². The Morgan fingerprint density at radius 3 is 2.53 bits per heavy atom. The molecule has 5 heteroatoms. The van der Waals surface area contributed by atoms with Crippen molar-refractivity contribution in [3.05, 3.63) is 48.3 Å². The van der Waals surface area contributed by atoms with Crippen molar-refractivity contribution in [2.45, 2.75) is 0 Å². The van der Waals surface area contributed by atoms with Crippen LogP contribution in [0.4, 0.5) is 0 Å². The Hall–Kier alpha value is -1.80. The summed E-state index contributed by atoms with van der Waals surface area (Å²) in [5.41, 5.74) is 5.32. The molecule has 0 spiro atoms. The van der Waals surface area contributed by atoms with Gasteiger partial charge in [0.15, 0.2) is 0 Å². The average Bonchev–Trinajstić information content (AvgIpc) is 2.32. The second-order valence-electron chi connectivity index (χ2n) is 3.34. The van der Waals surface area contributed by atoms with Gasteiger partial charge in [-0.3, -0.25) is 0 Å². The summed E-state index contributed by atoms with van der Waals surface area (Å²) >= 11 is 2.45. The Labute approximate surface area is 107 Å². The van der Waals surface area contributed by atoms with Crippen LogP contribution in [0.25, 0.3) is 0 Å². The normalized spacial score (nSPS) is 9.94. The number of carbonyl (C=O) groups is 1. The number of carbonyl (C=O) groups excluding carboxylic acids is 1. The zero-order chi connectivity index (χ0) is 12.3. The number of aromatic nitrogens is 1. The number of primary amides is 1. The molecular weight excluding hydrogens is 279 g/mol. The minimum atomic E-state index is -0.573. The third-order valence-corrected chi connectivity index (χ3v) is 2.68. The SMILES string of the molecule is NC(=O)c1cc(Oc2ccc([As])cc2)ccn1. The zero-order valence-corrected chi connectivity index (χ0v) is 10.7. The van der Waals surface area contributed by atoms with Gasteiger partial charge in [-0.05, 0) is 0 Å². The number of nitrogens with zero attached hydrogens (tertiary/aromatic N) is 1. The molecule has 0 fully saturated rings. The molecule has 2 aromatic rings. The molecule has 0 aliphatic heterocycles. The van der Waals surface area contributed by atoms with E-state index in [1.807, 2.05) is 24.3 Å². The Balaban J connectivity index is 2.21. The standard InChI is InChI=1S/C12H9AsN2O2/c13-8-1-3-9(4-2-8)17-10-5-6-15-11(7-10)12(14)16/h1-7H,(H2,14,16). The van der Waals surface area contributed by atoms with Crippen molar-refractivity contribution in [2.75, 3.05) is 0 Å². The van der Waals surface area contributed by atoms with Gasteiger partial charge < -0.3 is 0 Å². The molecule has 1 heterocycles. The maximum atomic E-state index is 11.0. The fraction of sp³-hybridized carbons (Fsp3) is 0. The van der Waals surface area contributed by atoms with Crippen LogP contribution >= 0.6 is 0 Å². The van der Waals surface area contributed by atoms with Crippen LogP contribution in [-0.2, 0) is 0 Å². The minimum absolute atomic E-state index is 0.186. The second kappa shape index (κ2) is 5.02. The van der Waals surface area contributed by atoms with E-state index in [4.69, 9.17) is 10.5 Å². The van der Waals surface area contributed by atoms with E-state index in [0.29, 0.717) is 11.5 Å². The summed E-state index contributed by atoms with van der Waals surface area (Å²) < 4.78 is 6.66. The van der Waals surface area contributed by atoms with Gasteiger partial charge in [0.2, 0.25) is 0 Å². The first kappa shape index (κ1) is 11.7. The van der Waals surface area contributed by atoms with Gasteiger partial charge in [-0.1, -0.05) is 0 Å². The van der Waals surface area contributed by atoms with Gasteiger partial charge >= 0.3 is 107 Å². The fourth-order valence-electron chi connectivity index (χ4n) is 1.26. The molecule has 17 heavy (non-hydrogen) atoms. The first-order chi connectivity index (χ1) is 8.15. The maximum absolute atomic E-state index is 11.0. The van der Waals surface area contributed by atoms with E-state index in [-0.39, 0.29) is 5.69 Å². The van der Waals surface area contributed by atoms with Crippen molar-refractivity contribution < 1.29 is 9.53 Å². The fourth-order valence-corrected chi connectivity index (χ4v) is 1.57. The number of nitrogens with two attached hydrogens (primary N) is 1. The Morgan fingerprint density at radius 1 is 1.18 bits per heavy atom. The number of ether oxygens (including phenoxy) is 1. The third-order valence-electron chi connectivity index (χ3n) is 2.06. The number of benzene rings is 1. The molecule has 0 unspecified atom stereocenters. The van der Waals surface area contributed by atoms with Gasteiger partial charge in [0, 0.05) is 0 Å². The summed E-state index contributed by atoms with van der Waals surface area (Å²) in [6.07, 6.45) is 1.49. The predicted octanol–water partition coefficient (Wildman–Crippen LogP) is 0.767. The molecule has 0 atom stereocenters. The van der Waals surface area contributed by atoms with Crippen molar-refractivity contribution in [1.29, 1.82) is 0 Å². The number of pyridine rings is 1. The number of rotatable bonds is 3. The van der Waals surface area contributed by atoms with Crippen LogP contribution in [0, 0.1) is 0 Å². The average molecular weight is 288 g/mol. The van der Waals surface area contributed by atoms with Crippen molar-refractivity contribution in [2.24, 2.45) is 5.73 Å². The van der Waals surface area contributed by atoms with E-state index in [0.717, 1.165) is 4.35 Å². The van der Waals surface area contributed by atoms with Crippen molar-refractivity contribution in [3.63, 3.8) is 0 Å². The summed E-state index contributed by atoms with van der Waals surface area (Å²) in [6.45, 7) is 0. The van der Waals surface area contributed by atoms with Gasteiger partial charge in [-0.15, -0.1) is 0 Å². The van der Waals surface area contributed by atoms with E-state index in [9.17, 15) is 4.79 Å². The molecule has 1 amide bonds. The molecule has 2 radical (unpaired) electrons. The Bertz CT molecular complexity index is 540. The van der Waals surface area contributed by atoms with Gasteiger partial charge in [-0.2, -0.15) is 0 Å². The molecule has 0 aliphatic carbocycles. The molecule has 0 saturated carbocycles. The molecule has 0 bridgehead atoms. The molecule has 1 aromatic carbocycles. The molecule has 2 rings (SSSR count). The number of hydrogen-bond donors (Lipinski definition) is 1. The zero-order valence-electron chi connectivity index (χ0n) is 8.83. The van der Waals surface area contributed by atoms with E-state index >= 15 is 0 Å². The summed E-state index contributed by atoms with van der Waals surface area (Å²) in [4.78, 5) is 14.8. The van der Waals surface area contributed by atoms with Crippen LogP contribution in [0.1, 0.15) is 10.5 Å². The summed E-state index contributed by atoms with van der Waals surface area (Å²) in [7, 11) is 0. The molecule has 4 nitrogen and oxygen atoms in total. The number of hydrogen-bond acceptors (Lipinski definition) is 3. The quantitative estimate of drug-likeness (QED) is 0.848. The monoisotopic (exact) mass is 288 g/mol. The van der Waals surface area contributed by atoms with Crippen LogP contribution in [0.5, 0.6) is 11.5 Å². The van der Waals surface area contributed by atoms with Crippen molar-refractivity contribution in [3.8, 4) is 11.5 Å². The van der Waals surface area contributed by atoms with Gasteiger partial charge in [-0.25, -0.2) is 0 Å². The third kappa shape index (κ3) is 3.08. The topological polar surface area (TPSA) is 65.2 Å². The van der Waals surface area contributed by atoms with Crippen LogP contribution in [0.2, 0.25) is 0 Å². The van der Waals surface area contributed by atoms with E-state index in [1.54, 1.807) is 6.07 Å². The first-order valence-electron chi connectivity index (χ1n) is 4.88. The van der Waals surface area contributed by atoms with E-state index < -0.39 is 5.91 Å². The summed E-state index contributed by atoms with van der Waals surface area (Å²) in [6, 6.07) is 10.7. The molecule has 0 aliphatic rings. The summed E-state index contributed by atoms with van der Waals surface area (Å²) in [5, 5.41) is 0.